The van der Waals surface area contributed by atoms with E-state index in [1.54, 1.807) is 0 Å². The van der Waals surface area contributed by atoms with Gasteiger partial charge in [-0.3, -0.25) is 9.59 Å². The number of para-hydroxylation sites is 1. The molecular formula is C17H26O6Si. The third-order valence-corrected chi connectivity index (χ3v) is 5.62. The van der Waals surface area contributed by atoms with Crippen LogP contribution in [0.4, 0.5) is 0 Å². The molecule has 0 saturated heterocycles. The van der Waals surface area contributed by atoms with Crippen molar-refractivity contribution in [3.05, 3.63) is 18.2 Å². The summed E-state index contributed by atoms with van der Waals surface area (Å²) in [6, 6.07) is 6.77. The average molecular weight is 354 g/mol. The maximum absolute atomic E-state index is 11.1. The van der Waals surface area contributed by atoms with Crippen molar-refractivity contribution in [2.75, 3.05) is 13.2 Å². The third kappa shape index (κ3) is 6.62. The highest BCUT2D eigenvalue weighted by atomic mass is 28.2. The molecule has 0 amide bonds. The number of carbonyl (C=O) groups is 2. The molecule has 0 bridgehead atoms. The molecule has 7 heteroatoms. The normalized spacial score (nSPS) is 12.2. The quantitative estimate of drug-likeness (QED) is 0.438. The Morgan fingerprint density at radius 1 is 1.17 bits per heavy atom. The second-order valence-electron chi connectivity index (χ2n) is 5.49. The minimum absolute atomic E-state index is 0.319. The smallest absolute Gasteiger partial charge is 0.307 e. The predicted molar refractivity (Wildman–Crippen MR) is 94.4 cm³/mol. The van der Waals surface area contributed by atoms with Crippen molar-refractivity contribution in [2.45, 2.75) is 39.2 Å². The molecule has 1 rings (SSSR count). The molecule has 0 fully saturated rings. The summed E-state index contributed by atoms with van der Waals surface area (Å²) in [6.07, 6.45) is 0.783. The van der Waals surface area contributed by atoms with E-state index in [2.05, 4.69) is 0 Å². The molecule has 0 aliphatic carbocycles. The minimum Gasteiger partial charge on any atom is -0.490 e. The van der Waals surface area contributed by atoms with E-state index in [-0.39, 0.29) is 6.42 Å². The molecule has 0 aliphatic rings. The Labute approximate surface area is 144 Å². The first-order valence-electron chi connectivity index (χ1n) is 8.31. The van der Waals surface area contributed by atoms with Crippen molar-refractivity contribution in [1.82, 2.24) is 0 Å². The third-order valence-electron chi connectivity index (χ3n) is 3.67. The Morgan fingerprint density at radius 3 is 2.46 bits per heavy atom. The molecule has 2 N–H and O–H groups in total. The zero-order valence-electron chi connectivity index (χ0n) is 14.3. The summed E-state index contributed by atoms with van der Waals surface area (Å²) in [7, 11) is -0.639. The van der Waals surface area contributed by atoms with Crippen LogP contribution in [0.25, 0.3) is 0 Å². The van der Waals surface area contributed by atoms with Crippen LogP contribution in [0.5, 0.6) is 11.5 Å². The topological polar surface area (TPSA) is 93.1 Å². The molecule has 0 heterocycles. The van der Waals surface area contributed by atoms with Crippen molar-refractivity contribution >= 4 is 26.6 Å². The zero-order chi connectivity index (χ0) is 17.9. The van der Waals surface area contributed by atoms with Gasteiger partial charge < -0.3 is 19.7 Å². The van der Waals surface area contributed by atoms with Gasteiger partial charge >= 0.3 is 11.9 Å². The van der Waals surface area contributed by atoms with Gasteiger partial charge in [0.05, 0.1) is 35.1 Å². The number of carboxylic acid groups (broad SMARTS) is 2. The number of benzene rings is 1. The fourth-order valence-electron chi connectivity index (χ4n) is 2.57. The molecule has 0 aromatic heterocycles. The summed E-state index contributed by atoms with van der Waals surface area (Å²) in [6.45, 7) is 4.98. The number of rotatable bonds is 12. The van der Waals surface area contributed by atoms with E-state index in [0.717, 1.165) is 22.7 Å². The molecule has 0 spiro atoms. The van der Waals surface area contributed by atoms with E-state index in [1.165, 1.54) is 0 Å². The molecule has 1 aromatic rings. The molecule has 6 nitrogen and oxygen atoms in total. The second-order valence-corrected chi connectivity index (χ2v) is 7.46. The van der Waals surface area contributed by atoms with Gasteiger partial charge in [0.2, 0.25) is 0 Å². The van der Waals surface area contributed by atoms with Crippen LogP contribution in [0.2, 0.25) is 6.04 Å². The molecule has 1 aromatic carbocycles. The van der Waals surface area contributed by atoms with Crippen molar-refractivity contribution in [3.8, 4) is 11.5 Å². The standard InChI is InChI=1S/C17H26O6Si/c1-3-22-13-8-5-9-14(16(13)23-4-2)24-10-6-7-12(17(20)21)11-15(18)19/h5,8-9,12H,3-4,6-7,10-11,24H2,1-2H3,(H,18,19)(H,20,21). The van der Waals surface area contributed by atoms with Gasteiger partial charge in [-0.15, -0.1) is 0 Å². The van der Waals surface area contributed by atoms with Crippen molar-refractivity contribution < 1.29 is 29.3 Å². The first kappa shape index (κ1) is 20.0. The first-order chi connectivity index (χ1) is 11.5. The summed E-state index contributed by atoms with van der Waals surface area (Å²) < 4.78 is 11.3. The van der Waals surface area contributed by atoms with Crippen LogP contribution in [0.15, 0.2) is 18.2 Å². The van der Waals surface area contributed by atoms with Crippen molar-refractivity contribution in [3.63, 3.8) is 0 Å². The van der Waals surface area contributed by atoms with Gasteiger partial charge in [0, 0.05) is 0 Å². The van der Waals surface area contributed by atoms with Crippen LogP contribution in [0, 0.1) is 5.92 Å². The summed E-state index contributed by atoms with van der Waals surface area (Å²) in [4.78, 5) is 21.8. The van der Waals surface area contributed by atoms with Crippen LogP contribution < -0.4 is 14.7 Å². The van der Waals surface area contributed by atoms with Gasteiger partial charge in [0.1, 0.15) is 0 Å². The average Bonchev–Trinajstić information content (AvgIpc) is 2.52. The van der Waals surface area contributed by atoms with Crippen molar-refractivity contribution in [1.29, 1.82) is 0 Å². The molecular weight excluding hydrogens is 328 g/mol. The lowest BCUT2D eigenvalue weighted by Crippen LogP contribution is -2.20. The highest BCUT2D eigenvalue weighted by Crippen LogP contribution is 2.25. The Kier molecular flexibility index (Phi) is 8.92. The summed E-state index contributed by atoms with van der Waals surface area (Å²) >= 11 is 0. The summed E-state index contributed by atoms with van der Waals surface area (Å²) in [5, 5.41) is 19.0. The van der Waals surface area contributed by atoms with E-state index in [1.807, 2.05) is 32.0 Å². The molecule has 0 aliphatic heterocycles. The van der Waals surface area contributed by atoms with E-state index >= 15 is 0 Å². The molecule has 24 heavy (non-hydrogen) atoms. The number of hydrogen-bond acceptors (Lipinski definition) is 4. The maximum atomic E-state index is 11.1. The van der Waals surface area contributed by atoms with Crippen molar-refractivity contribution in [2.24, 2.45) is 5.92 Å². The van der Waals surface area contributed by atoms with Gasteiger partial charge in [-0.05, 0) is 31.5 Å². The van der Waals surface area contributed by atoms with E-state index in [4.69, 9.17) is 19.7 Å². The SMILES string of the molecule is CCOc1cccc([SiH2]CCCC(CC(=O)O)C(=O)O)c1OCC. The Hall–Kier alpha value is -2.02. The van der Waals surface area contributed by atoms with Crippen LogP contribution in [0.3, 0.4) is 0 Å². The van der Waals surface area contributed by atoms with Gasteiger partial charge in [-0.1, -0.05) is 24.6 Å². The van der Waals surface area contributed by atoms with Crippen LogP contribution in [0.1, 0.15) is 33.1 Å². The molecule has 134 valence electrons. The Morgan fingerprint density at radius 2 is 1.88 bits per heavy atom. The number of ether oxygens (including phenoxy) is 2. The molecule has 0 saturated carbocycles. The lowest BCUT2D eigenvalue weighted by atomic mass is 10.0. The second kappa shape index (κ2) is 10.7. The fourth-order valence-corrected chi connectivity index (χ4v) is 4.29. The number of hydrogen-bond donors (Lipinski definition) is 2. The largest absolute Gasteiger partial charge is 0.490 e. The van der Waals surface area contributed by atoms with Crippen LogP contribution in [-0.2, 0) is 9.59 Å². The maximum Gasteiger partial charge on any atom is 0.307 e. The Balaban J connectivity index is 2.62. The minimum atomic E-state index is -1.07. The highest BCUT2D eigenvalue weighted by molar-refractivity contribution is 6.54. The Bertz CT molecular complexity index is 546. The van der Waals surface area contributed by atoms with E-state index < -0.39 is 27.4 Å². The molecule has 1 atom stereocenters. The highest BCUT2D eigenvalue weighted by Gasteiger charge is 2.20. The fraction of sp³-hybridized carbons (Fsp3) is 0.529. The molecule has 1 unspecified atom stereocenters. The van der Waals surface area contributed by atoms with E-state index in [0.29, 0.717) is 26.1 Å². The number of carboxylic acids is 2. The van der Waals surface area contributed by atoms with Gasteiger partial charge in [-0.2, -0.15) is 0 Å². The first-order valence-corrected chi connectivity index (χ1v) is 10.0. The van der Waals surface area contributed by atoms with Gasteiger partial charge in [0.15, 0.2) is 11.5 Å². The summed E-state index contributed by atoms with van der Waals surface area (Å²) in [5.74, 6) is -1.36. The summed E-state index contributed by atoms with van der Waals surface area (Å²) in [5.41, 5.74) is 0. The number of aliphatic carboxylic acids is 2. The lowest BCUT2D eigenvalue weighted by Gasteiger charge is -2.15. The zero-order valence-corrected chi connectivity index (χ0v) is 15.7. The van der Waals surface area contributed by atoms with E-state index in [9.17, 15) is 9.59 Å². The molecule has 0 radical (unpaired) electrons. The monoisotopic (exact) mass is 354 g/mol. The van der Waals surface area contributed by atoms with Crippen LogP contribution in [-0.4, -0.2) is 44.9 Å². The van der Waals surface area contributed by atoms with Gasteiger partial charge in [0.25, 0.3) is 0 Å². The van der Waals surface area contributed by atoms with Gasteiger partial charge in [-0.25, -0.2) is 0 Å². The van der Waals surface area contributed by atoms with Crippen LogP contribution >= 0.6 is 0 Å². The predicted octanol–water partition coefficient (Wildman–Crippen LogP) is 1.65. The lowest BCUT2D eigenvalue weighted by molar-refractivity contribution is -0.148.